The smallest absolute Gasteiger partial charge is 0.354 e. The summed E-state index contributed by atoms with van der Waals surface area (Å²) >= 11 is 3.27. The van der Waals surface area contributed by atoms with Gasteiger partial charge in [0.1, 0.15) is 10.4 Å². The normalized spacial score (nSPS) is 15.8. The molecule has 19 heavy (non-hydrogen) atoms. The van der Waals surface area contributed by atoms with Gasteiger partial charge in [-0.3, -0.25) is 0 Å². The number of aromatic nitrogens is 3. The first kappa shape index (κ1) is 12.4. The first-order valence-electron chi connectivity index (χ1n) is 5.66. The molecule has 0 atom stereocenters. The topological polar surface area (TPSA) is 80.0 Å². The van der Waals surface area contributed by atoms with E-state index < -0.39 is 5.97 Å². The molecule has 1 aliphatic rings. The molecule has 1 saturated heterocycles. The first-order valence-corrected chi connectivity index (χ1v) is 6.45. The third-order valence-corrected chi connectivity index (χ3v) is 3.49. The Balaban J connectivity index is 2.08. The van der Waals surface area contributed by atoms with Gasteiger partial charge in [-0.15, -0.1) is 0 Å². The Labute approximate surface area is 116 Å². The zero-order valence-electron chi connectivity index (χ0n) is 10.1. The number of halogens is 1. The first-order chi connectivity index (χ1) is 9.08. The lowest BCUT2D eigenvalue weighted by Gasteiger charge is -2.39. The average molecular weight is 327 g/mol. The van der Waals surface area contributed by atoms with Crippen LogP contribution in [0, 0.1) is 0 Å². The number of aromatic carboxylic acids is 1. The lowest BCUT2D eigenvalue weighted by Crippen LogP contribution is -2.52. The molecule has 0 amide bonds. The molecule has 3 rings (SSSR count). The van der Waals surface area contributed by atoms with Gasteiger partial charge in [0, 0.05) is 32.3 Å². The number of anilines is 1. The molecule has 0 aliphatic carbocycles. The van der Waals surface area contributed by atoms with Gasteiger partial charge in [-0.05, 0) is 15.9 Å². The van der Waals surface area contributed by atoms with Gasteiger partial charge in [-0.1, -0.05) is 0 Å². The minimum absolute atomic E-state index is 0.00997. The Bertz CT molecular complexity index is 651. The highest BCUT2D eigenvalue weighted by Gasteiger charge is 2.29. The van der Waals surface area contributed by atoms with E-state index in [4.69, 9.17) is 9.84 Å². The second-order valence-electron chi connectivity index (χ2n) is 4.30. The van der Waals surface area contributed by atoms with Crippen LogP contribution in [0.4, 0.5) is 5.82 Å². The Morgan fingerprint density at radius 1 is 1.53 bits per heavy atom. The number of hydrogen-bond acceptors (Lipinski definition) is 5. The van der Waals surface area contributed by atoms with Gasteiger partial charge in [0.15, 0.2) is 11.3 Å². The standard InChI is InChI=1S/C11H11BrN4O3/c1-19-6-4-15(5-6)10-2-7(11(17)18)13-9-3-8(12)14-16(9)10/h2-3,6H,4-5H2,1H3,(H,17,18). The summed E-state index contributed by atoms with van der Waals surface area (Å²) in [7, 11) is 1.66. The molecule has 0 radical (unpaired) electrons. The van der Waals surface area contributed by atoms with E-state index in [0.29, 0.717) is 29.2 Å². The fraction of sp³-hybridized carbons (Fsp3) is 0.364. The summed E-state index contributed by atoms with van der Waals surface area (Å²) in [5.41, 5.74) is 0.512. The number of fused-ring (bicyclic) bond motifs is 1. The molecular formula is C11H11BrN4O3. The molecule has 0 saturated carbocycles. The van der Waals surface area contributed by atoms with Crippen LogP contribution in [0.5, 0.6) is 0 Å². The van der Waals surface area contributed by atoms with Crippen molar-refractivity contribution in [3.8, 4) is 0 Å². The summed E-state index contributed by atoms with van der Waals surface area (Å²) in [5.74, 6) is -0.341. The monoisotopic (exact) mass is 326 g/mol. The van der Waals surface area contributed by atoms with Crippen LogP contribution in [-0.4, -0.2) is 52.0 Å². The van der Waals surface area contributed by atoms with Crippen LogP contribution in [0.2, 0.25) is 0 Å². The van der Waals surface area contributed by atoms with Crippen LogP contribution in [0.15, 0.2) is 16.7 Å². The van der Waals surface area contributed by atoms with E-state index in [1.165, 1.54) is 6.07 Å². The quantitative estimate of drug-likeness (QED) is 0.907. The van der Waals surface area contributed by atoms with Gasteiger partial charge in [0.05, 0.1) is 6.10 Å². The SMILES string of the molecule is COC1CN(c2cc(C(=O)O)nc3cc(Br)nn23)C1. The zero-order valence-corrected chi connectivity index (χ0v) is 11.7. The molecular weight excluding hydrogens is 316 g/mol. The van der Waals surface area contributed by atoms with Crippen molar-refractivity contribution in [2.45, 2.75) is 6.10 Å². The number of carboxylic acid groups (broad SMARTS) is 1. The van der Waals surface area contributed by atoms with Crippen molar-refractivity contribution >= 4 is 33.4 Å². The largest absolute Gasteiger partial charge is 0.477 e. The predicted molar refractivity (Wildman–Crippen MR) is 70.7 cm³/mol. The highest BCUT2D eigenvalue weighted by atomic mass is 79.9. The Kier molecular flexibility index (Phi) is 2.90. The maximum Gasteiger partial charge on any atom is 0.354 e. The summed E-state index contributed by atoms with van der Waals surface area (Å²) in [6.45, 7) is 1.43. The molecule has 0 aromatic carbocycles. The van der Waals surface area contributed by atoms with E-state index in [1.54, 1.807) is 17.7 Å². The number of hydrogen-bond donors (Lipinski definition) is 1. The fourth-order valence-electron chi connectivity index (χ4n) is 2.04. The van der Waals surface area contributed by atoms with Gasteiger partial charge in [0.25, 0.3) is 0 Å². The highest BCUT2D eigenvalue weighted by Crippen LogP contribution is 2.25. The summed E-state index contributed by atoms with van der Waals surface area (Å²) in [5, 5.41) is 13.4. The van der Waals surface area contributed by atoms with Gasteiger partial charge < -0.3 is 14.7 Å². The molecule has 0 spiro atoms. The van der Waals surface area contributed by atoms with Gasteiger partial charge in [-0.25, -0.2) is 9.78 Å². The van der Waals surface area contributed by atoms with E-state index in [0.717, 1.165) is 0 Å². The summed E-state index contributed by atoms with van der Waals surface area (Å²) in [6, 6.07) is 3.21. The Morgan fingerprint density at radius 3 is 2.89 bits per heavy atom. The number of methoxy groups -OCH3 is 1. The highest BCUT2D eigenvalue weighted by molar-refractivity contribution is 9.10. The van der Waals surface area contributed by atoms with E-state index in [1.807, 2.05) is 4.90 Å². The fourth-order valence-corrected chi connectivity index (χ4v) is 2.40. The molecule has 7 nitrogen and oxygen atoms in total. The summed E-state index contributed by atoms with van der Waals surface area (Å²) in [4.78, 5) is 17.2. The van der Waals surface area contributed by atoms with Crippen LogP contribution in [0.1, 0.15) is 10.5 Å². The third kappa shape index (κ3) is 2.06. The van der Waals surface area contributed by atoms with E-state index in [-0.39, 0.29) is 11.8 Å². The molecule has 2 aromatic heterocycles. The summed E-state index contributed by atoms with van der Waals surface area (Å²) < 4.78 is 7.47. The molecule has 1 aliphatic heterocycles. The maximum absolute atomic E-state index is 11.1. The lowest BCUT2D eigenvalue weighted by molar-refractivity contribution is 0.0690. The number of ether oxygens (including phenoxy) is 1. The second kappa shape index (κ2) is 4.46. The van der Waals surface area contributed by atoms with Crippen LogP contribution >= 0.6 is 15.9 Å². The van der Waals surface area contributed by atoms with E-state index in [9.17, 15) is 4.79 Å². The minimum atomic E-state index is -1.05. The average Bonchev–Trinajstić information content (AvgIpc) is 2.67. The predicted octanol–water partition coefficient (Wildman–Crippen LogP) is 1.02. The van der Waals surface area contributed by atoms with Crippen molar-refractivity contribution in [2.75, 3.05) is 25.1 Å². The number of nitrogens with zero attached hydrogens (tertiary/aromatic N) is 4. The third-order valence-electron chi connectivity index (χ3n) is 3.10. The number of rotatable bonds is 3. The van der Waals surface area contributed by atoms with Crippen LogP contribution in [0.25, 0.3) is 5.65 Å². The van der Waals surface area contributed by atoms with E-state index >= 15 is 0 Å². The lowest BCUT2D eigenvalue weighted by atomic mass is 10.1. The molecule has 100 valence electrons. The van der Waals surface area contributed by atoms with E-state index in [2.05, 4.69) is 26.0 Å². The number of carboxylic acids is 1. The van der Waals surface area contributed by atoms with Crippen molar-refractivity contribution in [3.05, 3.63) is 22.4 Å². The van der Waals surface area contributed by atoms with Crippen LogP contribution < -0.4 is 4.90 Å². The molecule has 0 bridgehead atoms. The van der Waals surface area contributed by atoms with Gasteiger partial charge >= 0.3 is 5.97 Å². The zero-order chi connectivity index (χ0) is 13.6. The Hall–Kier alpha value is -1.67. The molecule has 2 aromatic rings. The van der Waals surface area contributed by atoms with Crippen LogP contribution in [-0.2, 0) is 4.74 Å². The maximum atomic E-state index is 11.1. The molecule has 3 heterocycles. The summed E-state index contributed by atoms with van der Waals surface area (Å²) in [6.07, 6.45) is 0.176. The van der Waals surface area contributed by atoms with Crippen molar-refractivity contribution in [1.29, 1.82) is 0 Å². The molecule has 0 unspecified atom stereocenters. The number of carbonyl (C=O) groups is 1. The van der Waals surface area contributed by atoms with Crippen molar-refractivity contribution in [1.82, 2.24) is 14.6 Å². The molecule has 1 fully saturated rings. The Morgan fingerprint density at radius 2 is 2.26 bits per heavy atom. The minimum Gasteiger partial charge on any atom is -0.477 e. The molecule has 8 heteroatoms. The van der Waals surface area contributed by atoms with Crippen molar-refractivity contribution < 1.29 is 14.6 Å². The van der Waals surface area contributed by atoms with Crippen molar-refractivity contribution in [2.24, 2.45) is 0 Å². The van der Waals surface area contributed by atoms with Crippen molar-refractivity contribution in [3.63, 3.8) is 0 Å². The van der Waals surface area contributed by atoms with Gasteiger partial charge in [-0.2, -0.15) is 9.61 Å². The van der Waals surface area contributed by atoms with Crippen LogP contribution in [0.3, 0.4) is 0 Å². The molecule has 1 N–H and O–H groups in total. The van der Waals surface area contributed by atoms with Gasteiger partial charge in [0.2, 0.25) is 0 Å². The second-order valence-corrected chi connectivity index (χ2v) is 5.12.